The summed E-state index contributed by atoms with van der Waals surface area (Å²) in [7, 11) is 0. The van der Waals surface area contributed by atoms with Gasteiger partial charge in [-0.15, -0.1) is 12.6 Å². The molecule has 2 aromatic rings. The number of likely N-dealkylation sites (tertiary alicyclic amines) is 1. The quantitative estimate of drug-likeness (QED) is 0.179. The Morgan fingerprint density at radius 1 is 0.791 bits per heavy atom. The Balaban J connectivity index is 1.17. The second-order valence-corrected chi connectivity index (χ2v) is 10.7. The number of nitro benzene ring substituents is 2. The van der Waals surface area contributed by atoms with Crippen LogP contribution in [-0.2, 0) is 32.2 Å². The fraction of sp³-hybridized carbons (Fsp3) is 0.444. The zero-order chi connectivity index (χ0) is 31.0. The van der Waals surface area contributed by atoms with Gasteiger partial charge in [0.25, 0.3) is 17.3 Å². The molecule has 2 amide bonds. The molecule has 4 rings (SSSR count). The molecule has 0 radical (unpaired) electrons. The number of carbonyl (C=O) groups excluding carboxylic acids is 3. The van der Waals surface area contributed by atoms with E-state index in [1.165, 1.54) is 53.4 Å². The van der Waals surface area contributed by atoms with Crippen LogP contribution in [0, 0.1) is 20.2 Å². The summed E-state index contributed by atoms with van der Waals surface area (Å²) in [5, 5.41) is 21.5. The van der Waals surface area contributed by atoms with Crippen LogP contribution in [0.25, 0.3) is 0 Å². The van der Waals surface area contributed by atoms with E-state index >= 15 is 0 Å². The summed E-state index contributed by atoms with van der Waals surface area (Å²) in [6.45, 7) is 2.50. The monoisotopic (exact) mass is 617 g/mol. The fourth-order valence-electron chi connectivity index (χ4n) is 4.79. The van der Waals surface area contributed by atoms with Crippen LogP contribution in [0.15, 0.2) is 48.5 Å². The van der Waals surface area contributed by atoms with Gasteiger partial charge in [0.05, 0.1) is 9.85 Å². The first-order valence-corrected chi connectivity index (χ1v) is 14.0. The molecule has 2 aliphatic rings. The summed E-state index contributed by atoms with van der Waals surface area (Å²) in [5.41, 5.74) is 1.04. The predicted octanol–water partition coefficient (Wildman–Crippen LogP) is 3.36. The van der Waals surface area contributed by atoms with Crippen LogP contribution >= 0.6 is 12.6 Å². The molecule has 0 N–H and O–H groups in total. The molecule has 43 heavy (non-hydrogen) atoms. The van der Waals surface area contributed by atoms with Crippen molar-refractivity contribution in [3.05, 3.63) is 79.9 Å². The molecule has 15 nitrogen and oxygen atoms in total. The highest BCUT2D eigenvalue weighted by molar-refractivity contribution is 7.82. The van der Waals surface area contributed by atoms with E-state index in [4.69, 9.17) is 14.2 Å². The first-order chi connectivity index (χ1) is 20.6. The van der Waals surface area contributed by atoms with Crippen LogP contribution in [-0.4, -0.2) is 93.4 Å². The van der Waals surface area contributed by atoms with Gasteiger partial charge < -0.3 is 19.1 Å². The van der Waals surface area contributed by atoms with E-state index in [0.717, 1.165) is 0 Å². The van der Waals surface area contributed by atoms with Crippen LogP contribution in [0.5, 0.6) is 0 Å². The van der Waals surface area contributed by atoms with Crippen molar-refractivity contribution < 1.29 is 38.4 Å². The molecule has 0 bridgehead atoms. The number of hydrogen-bond donors (Lipinski definition) is 1. The number of ether oxygens (including phenoxy) is 3. The predicted molar refractivity (Wildman–Crippen MR) is 153 cm³/mol. The van der Waals surface area contributed by atoms with Crippen LogP contribution < -0.4 is 0 Å². The van der Waals surface area contributed by atoms with Gasteiger partial charge >= 0.3 is 12.2 Å². The molecule has 16 heteroatoms. The zero-order valence-corrected chi connectivity index (χ0v) is 24.1. The number of nitro groups is 2. The summed E-state index contributed by atoms with van der Waals surface area (Å²) in [4.78, 5) is 62.4. The van der Waals surface area contributed by atoms with Crippen molar-refractivity contribution in [1.82, 2.24) is 14.7 Å². The van der Waals surface area contributed by atoms with E-state index in [1.54, 1.807) is 4.90 Å². The van der Waals surface area contributed by atoms with Crippen LogP contribution in [0.2, 0.25) is 0 Å². The largest absolute Gasteiger partial charge is 0.508 e. The maximum absolute atomic E-state index is 13.5. The van der Waals surface area contributed by atoms with Gasteiger partial charge in [-0.05, 0) is 48.2 Å². The standard InChI is InChI=1S/C27H31N5O10S/c33-24(27(43)10-1-11-30(27)25(34)41-18-20-2-6-22(7-3-20)31(36)37)29-14-12-28(13-15-29)16-17-40-26(35)42-19-21-4-8-23(9-5-21)32(38)39/h2-9,43H,1,10-19H2. The average molecular weight is 618 g/mol. The lowest BCUT2D eigenvalue weighted by Gasteiger charge is -2.40. The Bertz CT molecular complexity index is 1330. The van der Waals surface area contributed by atoms with Gasteiger partial charge in [-0.3, -0.25) is 34.8 Å². The van der Waals surface area contributed by atoms with Crippen molar-refractivity contribution in [1.29, 1.82) is 0 Å². The normalized spacial score (nSPS) is 18.6. The smallest absolute Gasteiger partial charge is 0.445 e. The van der Waals surface area contributed by atoms with Crippen LogP contribution in [0.3, 0.4) is 0 Å². The minimum absolute atomic E-state index is 0.0578. The average Bonchev–Trinajstić information content (AvgIpc) is 3.41. The van der Waals surface area contributed by atoms with E-state index in [9.17, 15) is 34.6 Å². The Kier molecular flexibility index (Phi) is 10.4. The number of hydrogen-bond acceptors (Lipinski definition) is 12. The van der Waals surface area contributed by atoms with Crippen molar-refractivity contribution in [2.45, 2.75) is 30.9 Å². The van der Waals surface area contributed by atoms with Gasteiger partial charge in [0.15, 0.2) is 4.87 Å². The molecule has 0 aliphatic carbocycles. The second-order valence-electron chi connectivity index (χ2n) is 9.99. The second kappa shape index (κ2) is 14.2. The molecule has 0 aromatic heterocycles. The van der Waals surface area contributed by atoms with Gasteiger partial charge in [-0.1, -0.05) is 0 Å². The van der Waals surface area contributed by atoms with Crippen molar-refractivity contribution in [3.63, 3.8) is 0 Å². The number of nitrogens with zero attached hydrogens (tertiary/aromatic N) is 5. The molecule has 1 unspecified atom stereocenters. The Labute approximate surface area is 252 Å². The summed E-state index contributed by atoms with van der Waals surface area (Å²) in [5.74, 6) is -0.286. The van der Waals surface area contributed by atoms with Crippen LogP contribution in [0.4, 0.5) is 21.0 Å². The first-order valence-electron chi connectivity index (χ1n) is 13.5. The third-order valence-electron chi connectivity index (χ3n) is 7.22. The molecule has 2 heterocycles. The highest BCUT2D eigenvalue weighted by atomic mass is 32.1. The number of piperazine rings is 1. The van der Waals surface area contributed by atoms with E-state index in [2.05, 4.69) is 12.6 Å². The van der Waals surface area contributed by atoms with Crippen molar-refractivity contribution in [2.75, 3.05) is 45.9 Å². The van der Waals surface area contributed by atoms with Gasteiger partial charge in [0, 0.05) is 63.5 Å². The lowest BCUT2D eigenvalue weighted by molar-refractivity contribution is -0.385. The van der Waals surface area contributed by atoms with Crippen LogP contribution in [0.1, 0.15) is 24.0 Å². The molecule has 0 spiro atoms. The van der Waals surface area contributed by atoms with E-state index < -0.39 is 27.0 Å². The lowest BCUT2D eigenvalue weighted by atomic mass is 10.1. The first kappa shape index (κ1) is 31.5. The van der Waals surface area contributed by atoms with Gasteiger partial charge in [-0.2, -0.15) is 0 Å². The topological polar surface area (TPSA) is 175 Å². The SMILES string of the molecule is O=C(OCCN1CCN(C(=O)C2(S)CCCN2C(=O)OCc2ccc([N+](=O)[O-])cc2)CC1)OCc1ccc([N+](=O)[O-])cc1. The molecule has 2 aliphatic heterocycles. The van der Waals surface area contributed by atoms with Crippen molar-refractivity contribution in [2.24, 2.45) is 0 Å². The molecule has 2 aromatic carbocycles. The molecule has 1 atom stereocenters. The van der Waals surface area contributed by atoms with E-state index in [0.29, 0.717) is 63.2 Å². The molecule has 2 fully saturated rings. The molecular formula is C27H31N5O10S. The van der Waals surface area contributed by atoms with E-state index in [1.807, 2.05) is 4.90 Å². The number of non-ortho nitro benzene ring substituents is 2. The molecule has 2 saturated heterocycles. The Hall–Kier alpha value is -4.44. The third-order valence-corrected chi connectivity index (χ3v) is 7.87. The fourth-order valence-corrected chi connectivity index (χ4v) is 5.27. The summed E-state index contributed by atoms with van der Waals surface area (Å²) < 4.78 is 15.6. The summed E-state index contributed by atoms with van der Waals surface area (Å²) in [6, 6.07) is 11.3. The number of benzene rings is 2. The molecular weight excluding hydrogens is 586 g/mol. The summed E-state index contributed by atoms with van der Waals surface area (Å²) >= 11 is 4.64. The van der Waals surface area contributed by atoms with Gasteiger partial charge in [-0.25, -0.2) is 9.59 Å². The number of carbonyl (C=O) groups is 3. The molecule has 0 saturated carbocycles. The highest BCUT2D eigenvalue weighted by Crippen LogP contribution is 2.36. The number of amides is 2. The lowest BCUT2D eigenvalue weighted by Crippen LogP contribution is -2.59. The minimum atomic E-state index is -1.34. The van der Waals surface area contributed by atoms with Gasteiger partial charge in [0.2, 0.25) is 0 Å². The molecule has 230 valence electrons. The maximum Gasteiger partial charge on any atom is 0.508 e. The third kappa shape index (κ3) is 8.10. The maximum atomic E-state index is 13.5. The Morgan fingerprint density at radius 3 is 1.86 bits per heavy atom. The summed E-state index contributed by atoms with van der Waals surface area (Å²) in [6.07, 6.45) is -0.585. The Morgan fingerprint density at radius 2 is 1.33 bits per heavy atom. The zero-order valence-electron chi connectivity index (χ0n) is 23.2. The van der Waals surface area contributed by atoms with Gasteiger partial charge in [0.1, 0.15) is 19.8 Å². The highest BCUT2D eigenvalue weighted by Gasteiger charge is 2.50. The number of thiol groups is 1. The van der Waals surface area contributed by atoms with Crippen molar-refractivity contribution >= 4 is 42.2 Å². The van der Waals surface area contributed by atoms with E-state index in [-0.39, 0.29) is 37.1 Å². The van der Waals surface area contributed by atoms with Crippen molar-refractivity contribution in [3.8, 4) is 0 Å². The minimum Gasteiger partial charge on any atom is -0.445 e. The number of rotatable bonds is 10.